The largest absolute Gasteiger partial charge is 0.384 e. The molecular weight excluding hydrogens is 240 g/mol. The van der Waals surface area contributed by atoms with E-state index < -0.39 is 0 Å². The number of anilines is 1. The summed E-state index contributed by atoms with van der Waals surface area (Å²) in [5.74, 6) is 0.747. The minimum Gasteiger partial charge on any atom is -0.384 e. The van der Waals surface area contributed by atoms with E-state index in [2.05, 4.69) is 10.1 Å². The van der Waals surface area contributed by atoms with Crippen molar-refractivity contribution in [2.45, 2.75) is 13.5 Å². The Balaban J connectivity index is 2.29. The molecule has 0 unspecified atom stereocenters. The Morgan fingerprint density at radius 3 is 2.79 bits per heavy atom. The molecule has 0 radical (unpaired) electrons. The van der Waals surface area contributed by atoms with E-state index in [1.54, 1.807) is 4.68 Å². The third-order valence-electron chi connectivity index (χ3n) is 2.84. The summed E-state index contributed by atoms with van der Waals surface area (Å²) in [4.78, 5) is 6.45. The van der Waals surface area contributed by atoms with Crippen LogP contribution in [-0.2, 0) is 13.6 Å². The van der Waals surface area contributed by atoms with Crippen LogP contribution >= 0.6 is 0 Å². The van der Waals surface area contributed by atoms with Crippen LogP contribution in [0.4, 0.5) is 5.82 Å². The van der Waals surface area contributed by atoms with Gasteiger partial charge >= 0.3 is 0 Å². The van der Waals surface area contributed by atoms with E-state index in [4.69, 9.17) is 11.1 Å². The van der Waals surface area contributed by atoms with Gasteiger partial charge in [-0.15, -0.1) is 0 Å². The fourth-order valence-corrected chi connectivity index (χ4v) is 1.95. The standard InChI is InChI=1S/C13H18N6/c1-9-4-5-11(12(14)15)13(17-9)18(2)7-10-6-16-19(3)8-10/h4-6,8H,7H2,1-3H3,(H3,14,15). The van der Waals surface area contributed by atoms with Crippen LogP contribution in [0.15, 0.2) is 24.5 Å². The van der Waals surface area contributed by atoms with Gasteiger partial charge < -0.3 is 10.6 Å². The number of nitrogens with one attached hydrogen (secondary N) is 1. The number of nitrogen functional groups attached to an aromatic ring is 1. The second-order valence-corrected chi connectivity index (χ2v) is 4.62. The molecular formula is C13H18N6. The molecule has 0 aromatic carbocycles. The Hall–Kier alpha value is -2.37. The molecule has 0 fully saturated rings. The number of amidine groups is 1. The van der Waals surface area contributed by atoms with E-state index in [1.165, 1.54) is 0 Å². The molecule has 0 saturated carbocycles. The summed E-state index contributed by atoms with van der Waals surface area (Å²) in [6, 6.07) is 3.69. The highest BCUT2D eigenvalue weighted by atomic mass is 15.2. The number of nitrogens with two attached hydrogens (primary N) is 1. The van der Waals surface area contributed by atoms with Crippen LogP contribution in [0, 0.1) is 12.3 Å². The maximum Gasteiger partial charge on any atom is 0.139 e. The number of rotatable bonds is 4. The predicted molar refractivity (Wildman–Crippen MR) is 75.3 cm³/mol. The van der Waals surface area contributed by atoms with Gasteiger partial charge in [-0.25, -0.2) is 4.98 Å². The normalized spacial score (nSPS) is 10.5. The van der Waals surface area contributed by atoms with E-state index in [0.29, 0.717) is 12.1 Å². The van der Waals surface area contributed by atoms with E-state index in [9.17, 15) is 0 Å². The van der Waals surface area contributed by atoms with Gasteiger partial charge in [-0.2, -0.15) is 5.10 Å². The molecule has 3 N–H and O–H groups in total. The third-order valence-corrected chi connectivity index (χ3v) is 2.84. The molecule has 0 aliphatic rings. The molecule has 0 bridgehead atoms. The number of aryl methyl sites for hydroxylation is 2. The topological polar surface area (TPSA) is 83.8 Å². The zero-order valence-corrected chi connectivity index (χ0v) is 11.4. The van der Waals surface area contributed by atoms with Crippen molar-refractivity contribution < 1.29 is 0 Å². The first-order valence-corrected chi connectivity index (χ1v) is 5.98. The van der Waals surface area contributed by atoms with Crippen LogP contribution < -0.4 is 10.6 Å². The maximum absolute atomic E-state index is 7.62. The number of hydrogen-bond donors (Lipinski definition) is 2. The molecule has 2 aromatic rings. The number of hydrogen-bond acceptors (Lipinski definition) is 4. The Morgan fingerprint density at radius 1 is 1.47 bits per heavy atom. The summed E-state index contributed by atoms with van der Waals surface area (Å²) >= 11 is 0. The van der Waals surface area contributed by atoms with Crippen molar-refractivity contribution in [1.29, 1.82) is 5.41 Å². The molecule has 6 heteroatoms. The molecule has 0 atom stereocenters. The average molecular weight is 258 g/mol. The van der Waals surface area contributed by atoms with Gasteiger partial charge in [0.25, 0.3) is 0 Å². The first-order chi connectivity index (χ1) is 8.97. The van der Waals surface area contributed by atoms with Gasteiger partial charge in [-0.1, -0.05) is 0 Å². The van der Waals surface area contributed by atoms with E-state index in [-0.39, 0.29) is 5.84 Å². The van der Waals surface area contributed by atoms with Crippen molar-refractivity contribution in [3.63, 3.8) is 0 Å². The highest BCUT2D eigenvalue weighted by Crippen LogP contribution is 2.18. The molecule has 19 heavy (non-hydrogen) atoms. The number of aromatic nitrogens is 3. The molecule has 6 nitrogen and oxygen atoms in total. The molecule has 100 valence electrons. The summed E-state index contributed by atoms with van der Waals surface area (Å²) in [7, 11) is 3.82. The molecule has 2 heterocycles. The van der Waals surface area contributed by atoms with Gasteiger partial charge in [0, 0.05) is 38.1 Å². The summed E-state index contributed by atoms with van der Waals surface area (Å²) < 4.78 is 1.76. The zero-order valence-electron chi connectivity index (χ0n) is 11.4. The predicted octanol–water partition coefficient (Wildman–Crippen LogP) is 1.04. The molecule has 0 aliphatic heterocycles. The quantitative estimate of drug-likeness (QED) is 0.634. The molecule has 0 saturated heterocycles. The lowest BCUT2D eigenvalue weighted by Gasteiger charge is -2.20. The molecule has 0 spiro atoms. The van der Waals surface area contributed by atoms with Gasteiger partial charge in [0.1, 0.15) is 11.7 Å². The Bertz CT molecular complexity index is 601. The average Bonchev–Trinajstić information content (AvgIpc) is 2.74. The van der Waals surface area contributed by atoms with Crippen molar-refractivity contribution in [3.05, 3.63) is 41.3 Å². The third kappa shape index (κ3) is 2.90. The molecule has 2 rings (SSSR count). The smallest absolute Gasteiger partial charge is 0.139 e. The van der Waals surface area contributed by atoms with Crippen LogP contribution in [0.3, 0.4) is 0 Å². The minimum absolute atomic E-state index is 0.0283. The van der Waals surface area contributed by atoms with Crippen LogP contribution in [0.2, 0.25) is 0 Å². The van der Waals surface area contributed by atoms with Crippen molar-refractivity contribution >= 4 is 11.7 Å². The summed E-state index contributed by atoms with van der Waals surface area (Å²) in [6.07, 6.45) is 3.78. The van der Waals surface area contributed by atoms with Gasteiger partial charge in [-0.3, -0.25) is 10.1 Å². The van der Waals surface area contributed by atoms with Crippen molar-refractivity contribution in [3.8, 4) is 0 Å². The van der Waals surface area contributed by atoms with Gasteiger partial charge in [0.05, 0.1) is 11.8 Å². The molecule has 2 aromatic heterocycles. The van der Waals surface area contributed by atoms with Crippen molar-refractivity contribution in [2.75, 3.05) is 11.9 Å². The van der Waals surface area contributed by atoms with Crippen LogP contribution in [0.5, 0.6) is 0 Å². The lowest BCUT2D eigenvalue weighted by molar-refractivity contribution is 0.766. The van der Waals surface area contributed by atoms with Gasteiger partial charge in [0.2, 0.25) is 0 Å². The van der Waals surface area contributed by atoms with Crippen LogP contribution in [0.25, 0.3) is 0 Å². The SMILES string of the molecule is Cc1ccc(C(=N)N)c(N(C)Cc2cnn(C)c2)n1. The van der Waals surface area contributed by atoms with Crippen LogP contribution in [0.1, 0.15) is 16.8 Å². The van der Waals surface area contributed by atoms with E-state index in [1.807, 2.05) is 50.4 Å². The van der Waals surface area contributed by atoms with Crippen molar-refractivity contribution in [1.82, 2.24) is 14.8 Å². The minimum atomic E-state index is 0.0283. The Morgan fingerprint density at radius 2 is 2.21 bits per heavy atom. The van der Waals surface area contributed by atoms with Crippen LogP contribution in [-0.4, -0.2) is 27.6 Å². The second kappa shape index (κ2) is 5.09. The zero-order chi connectivity index (χ0) is 14.0. The van der Waals surface area contributed by atoms with E-state index in [0.717, 1.165) is 17.1 Å². The first kappa shape index (κ1) is 13.1. The summed E-state index contributed by atoms with van der Waals surface area (Å²) in [6.45, 7) is 2.59. The fraction of sp³-hybridized carbons (Fsp3) is 0.308. The van der Waals surface area contributed by atoms with Crippen molar-refractivity contribution in [2.24, 2.45) is 12.8 Å². The van der Waals surface area contributed by atoms with E-state index >= 15 is 0 Å². The van der Waals surface area contributed by atoms with Gasteiger partial charge in [-0.05, 0) is 19.1 Å². The summed E-state index contributed by atoms with van der Waals surface area (Å²) in [5.41, 5.74) is 8.24. The van der Waals surface area contributed by atoms with Gasteiger partial charge in [0.15, 0.2) is 0 Å². The second-order valence-electron chi connectivity index (χ2n) is 4.62. The Labute approximate surface area is 112 Å². The highest BCUT2D eigenvalue weighted by Gasteiger charge is 2.12. The molecule has 0 aliphatic carbocycles. The lowest BCUT2D eigenvalue weighted by atomic mass is 10.2. The number of pyridine rings is 1. The fourth-order valence-electron chi connectivity index (χ4n) is 1.95. The Kier molecular flexibility index (Phi) is 3.50. The number of nitrogens with zero attached hydrogens (tertiary/aromatic N) is 4. The summed E-state index contributed by atoms with van der Waals surface area (Å²) in [5, 5.41) is 11.8. The maximum atomic E-state index is 7.62. The first-order valence-electron chi connectivity index (χ1n) is 5.98. The molecule has 0 amide bonds. The highest BCUT2D eigenvalue weighted by molar-refractivity contribution is 5.99. The monoisotopic (exact) mass is 258 g/mol. The lowest BCUT2D eigenvalue weighted by Crippen LogP contribution is -2.23.